The first-order chi connectivity index (χ1) is 22.2. The van der Waals surface area contributed by atoms with Gasteiger partial charge in [0.05, 0.1) is 6.61 Å². The number of nitrogens with one attached hydrogen (secondary N) is 1. The van der Waals surface area contributed by atoms with E-state index in [-0.39, 0.29) is 41.7 Å². The van der Waals surface area contributed by atoms with E-state index in [1.165, 1.54) is 6.07 Å². The maximum Gasteiger partial charge on any atom is 0.252 e. The smallest absolute Gasteiger partial charge is 0.252 e. The highest BCUT2D eigenvalue weighted by Crippen LogP contribution is 2.46. The van der Waals surface area contributed by atoms with E-state index in [0.29, 0.717) is 40.5 Å². The van der Waals surface area contributed by atoms with E-state index >= 15 is 0 Å². The molecule has 2 atom stereocenters. The summed E-state index contributed by atoms with van der Waals surface area (Å²) >= 11 is 12.9. The molecule has 0 aromatic heterocycles. The highest BCUT2D eigenvalue weighted by molar-refractivity contribution is 6.35. The molecular formula is C33H27Cl2F2N5O4. The van der Waals surface area contributed by atoms with Crippen LogP contribution in [0.1, 0.15) is 34.8 Å². The fraction of sp³-hybridized carbons (Fsp3) is 0.212. The molecule has 0 saturated heterocycles. The molecule has 1 aliphatic rings. The van der Waals surface area contributed by atoms with Crippen molar-refractivity contribution in [2.75, 3.05) is 13.2 Å². The lowest BCUT2D eigenvalue weighted by Gasteiger charge is -2.31. The Morgan fingerprint density at radius 3 is 2.50 bits per heavy atom. The van der Waals surface area contributed by atoms with E-state index in [4.69, 9.17) is 42.8 Å². The average molecular weight is 667 g/mol. The second kappa shape index (κ2) is 14.6. The number of halogens is 4. The highest BCUT2D eigenvalue weighted by Gasteiger charge is 2.54. The van der Waals surface area contributed by atoms with Crippen LogP contribution in [0.2, 0.25) is 10.0 Å². The van der Waals surface area contributed by atoms with Gasteiger partial charge in [-0.1, -0.05) is 58.6 Å². The van der Waals surface area contributed by atoms with Gasteiger partial charge in [-0.25, -0.2) is 13.8 Å². The molecule has 5 rings (SSSR count). The fourth-order valence-corrected chi connectivity index (χ4v) is 5.63. The first kappa shape index (κ1) is 32.7. The molecule has 0 fully saturated rings. The number of nitrogens with zero attached hydrogens (tertiary/aromatic N) is 4. The minimum Gasteiger partial charge on any atom is -0.494 e. The number of benzene rings is 4. The average Bonchev–Trinajstić information content (AvgIpc) is 3.41. The van der Waals surface area contributed by atoms with Crippen LogP contribution in [-0.2, 0) is 22.5 Å². The van der Waals surface area contributed by atoms with Crippen LogP contribution < -0.4 is 10.1 Å². The van der Waals surface area contributed by atoms with Gasteiger partial charge in [0.15, 0.2) is 11.6 Å². The number of ether oxygens (including phenoxy) is 2. The monoisotopic (exact) mass is 665 g/mol. The van der Waals surface area contributed by atoms with Gasteiger partial charge in [-0.3, -0.25) is 4.79 Å². The third-order valence-corrected chi connectivity index (χ3v) is 7.82. The minimum atomic E-state index is -1.75. The van der Waals surface area contributed by atoms with Crippen LogP contribution >= 0.6 is 23.2 Å². The second-order valence-corrected chi connectivity index (χ2v) is 11.3. The van der Waals surface area contributed by atoms with Crippen LogP contribution in [0.25, 0.3) is 10.4 Å². The lowest BCUT2D eigenvalue weighted by Crippen LogP contribution is -2.49. The molecule has 13 heteroatoms. The van der Waals surface area contributed by atoms with Crippen molar-refractivity contribution in [2.45, 2.75) is 31.0 Å². The molecule has 46 heavy (non-hydrogen) atoms. The summed E-state index contributed by atoms with van der Waals surface area (Å²) in [5.41, 5.74) is 9.35. The lowest BCUT2D eigenvalue weighted by molar-refractivity contribution is -0.129. The molecular weight excluding hydrogens is 639 g/mol. The van der Waals surface area contributed by atoms with Crippen LogP contribution in [0.4, 0.5) is 14.5 Å². The van der Waals surface area contributed by atoms with Crippen LogP contribution in [0, 0.1) is 11.6 Å². The number of amides is 1. The molecule has 0 spiro atoms. The number of azide groups is 1. The molecule has 1 amide bonds. The van der Waals surface area contributed by atoms with Crippen molar-refractivity contribution >= 4 is 40.7 Å². The molecule has 0 aliphatic carbocycles. The molecule has 0 radical (unpaired) electrons. The van der Waals surface area contributed by atoms with Gasteiger partial charge in [-0.15, -0.1) is 0 Å². The number of hydrogen-bond donors (Lipinski definition) is 2. The third-order valence-electron chi connectivity index (χ3n) is 7.25. The summed E-state index contributed by atoms with van der Waals surface area (Å²) in [6.45, 7) is 0.102. The van der Waals surface area contributed by atoms with Crippen molar-refractivity contribution in [3.8, 4) is 5.75 Å². The third kappa shape index (κ3) is 7.41. The Balaban J connectivity index is 1.62. The quantitative estimate of drug-likeness (QED) is 0.0692. The zero-order chi connectivity index (χ0) is 32.7. The Kier molecular flexibility index (Phi) is 10.4. The second-order valence-electron chi connectivity index (χ2n) is 10.4. The van der Waals surface area contributed by atoms with E-state index in [1.54, 1.807) is 60.7 Å². The topological polar surface area (TPSA) is 129 Å². The van der Waals surface area contributed by atoms with E-state index in [2.05, 4.69) is 15.3 Å². The van der Waals surface area contributed by atoms with E-state index in [9.17, 15) is 19.1 Å². The highest BCUT2D eigenvalue weighted by atomic mass is 35.5. The molecule has 2 N–H and O–H groups in total. The number of aliphatic imine (C=N–C) groups is 1. The lowest BCUT2D eigenvalue weighted by atomic mass is 9.81. The summed E-state index contributed by atoms with van der Waals surface area (Å²) in [4.78, 5) is 22.2. The van der Waals surface area contributed by atoms with Gasteiger partial charge in [-0.2, -0.15) is 0 Å². The maximum atomic E-state index is 14.4. The van der Waals surface area contributed by atoms with Gasteiger partial charge in [0, 0.05) is 63.8 Å². The molecule has 0 bridgehead atoms. The van der Waals surface area contributed by atoms with Gasteiger partial charge in [-0.05, 0) is 65.2 Å². The normalized spacial score (nSPS) is 17.1. The molecule has 4 aromatic carbocycles. The van der Waals surface area contributed by atoms with Crippen molar-refractivity contribution in [1.29, 1.82) is 0 Å². The summed E-state index contributed by atoms with van der Waals surface area (Å²) in [6.07, 6.45) is -0.754. The van der Waals surface area contributed by atoms with Crippen LogP contribution in [0.5, 0.6) is 5.75 Å². The van der Waals surface area contributed by atoms with Gasteiger partial charge in [0.2, 0.25) is 5.90 Å². The summed E-state index contributed by atoms with van der Waals surface area (Å²) in [7, 11) is 0. The van der Waals surface area contributed by atoms with E-state index < -0.39 is 29.2 Å². The van der Waals surface area contributed by atoms with Crippen molar-refractivity contribution in [3.05, 3.63) is 139 Å². The molecule has 4 aromatic rings. The summed E-state index contributed by atoms with van der Waals surface area (Å²) < 4.78 is 40.0. The number of rotatable bonds is 12. The Bertz CT molecular complexity index is 1800. The molecule has 9 nitrogen and oxygen atoms in total. The Labute approximate surface area is 273 Å². The Morgan fingerprint density at radius 1 is 1.07 bits per heavy atom. The summed E-state index contributed by atoms with van der Waals surface area (Å²) in [5.74, 6) is -1.54. The SMILES string of the molecule is [N-]=[N+]=Nc1ccccc1C[C@@]1(C(=O)NCc2cc(F)cc(F)c2)N=C(c2ccc(OCCCO)cc2)O[C@@H]1c1ccc(Cl)cc1Cl. The first-order valence-corrected chi connectivity index (χ1v) is 14.9. The van der Waals surface area contributed by atoms with Crippen LogP contribution in [0.15, 0.2) is 95.0 Å². The van der Waals surface area contributed by atoms with Gasteiger partial charge in [0.25, 0.3) is 5.91 Å². The predicted octanol–water partition coefficient (Wildman–Crippen LogP) is 7.79. The number of aliphatic hydroxyl groups is 1. The predicted molar refractivity (Wildman–Crippen MR) is 170 cm³/mol. The maximum absolute atomic E-state index is 14.4. The molecule has 0 saturated carbocycles. The molecule has 236 valence electrons. The number of hydrogen-bond acceptors (Lipinski definition) is 6. The standard InChI is InChI=1S/C33H27Cl2F2N5O4/c34-23-8-11-27(28(35)16-23)30-33(18-22-4-1-2-5-29(22)41-42-38,32(44)39-19-20-14-24(36)17-25(37)15-20)40-31(46-30)21-6-9-26(10-7-21)45-13-3-12-43/h1-2,4-11,14-17,30,43H,3,12-13,18-19H2,(H,39,44)/t30-,33-/m1/s1. The van der Waals surface area contributed by atoms with E-state index in [1.807, 2.05) is 0 Å². The zero-order valence-corrected chi connectivity index (χ0v) is 25.7. The van der Waals surface area contributed by atoms with Crippen LogP contribution in [0.3, 0.4) is 0 Å². The molecule has 1 heterocycles. The van der Waals surface area contributed by atoms with Gasteiger partial charge < -0.3 is 19.9 Å². The molecule has 0 unspecified atom stereocenters. The minimum absolute atomic E-state index is 0.00151. The zero-order valence-electron chi connectivity index (χ0n) is 24.2. The van der Waals surface area contributed by atoms with Crippen LogP contribution in [-0.4, -0.2) is 35.7 Å². The number of aliphatic hydroxyl groups excluding tert-OH is 1. The fourth-order valence-electron chi connectivity index (χ4n) is 5.12. The molecule has 1 aliphatic heterocycles. The first-order valence-electron chi connectivity index (χ1n) is 14.1. The Morgan fingerprint density at radius 2 is 1.80 bits per heavy atom. The number of carbonyl (C=O) groups is 1. The Hall–Kier alpha value is -4.67. The van der Waals surface area contributed by atoms with Crippen molar-refractivity contribution < 1.29 is 28.2 Å². The van der Waals surface area contributed by atoms with Crippen molar-refractivity contribution in [1.82, 2.24) is 5.32 Å². The van der Waals surface area contributed by atoms with Crippen molar-refractivity contribution in [3.63, 3.8) is 0 Å². The number of carbonyl (C=O) groups excluding carboxylic acids is 1. The van der Waals surface area contributed by atoms with Gasteiger partial charge >= 0.3 is 0 Å². The van der Waals surface area contributed by atoms with Crippen molar-refractivity contribution in [2.24, 2.45) is 10.1 Å². The largest absolute Gasteiger partial charge is 0.494 e. The summed E-state index contributed by atoms with van der Waals surface area (Å²) in [6, 6.07) is 21.3. The van der Waals surface area contributed by atoms with Gasteiger partial charge in [0.1, 0.15) is 17.4 Å². The summed E-state index contributed by atoms with van der Waals surface area (Å²) in [5, 5.41) is 16.2. The van der Waals surface area contributed by atoms with E-state index in [0.717, 1.165) is 18.2 Å².